The van der Waals surface area contributed by atoms with Gasteiger partial charge < -0.3 is 4.90 Å². The number of pyridine rings is 1. The van der Waals surface area contributed by atoms with Gasteiger partial charge in [-0.3, -0.25) is 9.88 Å². The fraction of sp³-hybridized carbons (Fsp3) is 0.526. The van der Waals surface area contributed by atoms with Crippen molar-refractivity contribution in [3.63, 3.8) is 0 Å². The predicted molar refractivity (Wildman–Crippen MR) is 103 cm³/mol. The molecule has 0 N–H and O–H groups in total. The van der Waals surface area contributed by atoms with Crippen molar-refractivity contribution in [2.75, 3.05) is 25.0 Å². The lowest BCUT2D eigenvalue weighted by Crippen LogP contribution is -2.43. The highest BCUT2D eigenvalue weighted by molar-refractivity contribution is 9.10. The Morgan fingerprint density at radius 3 is 2.72 bits per heavy atom. The maximum absolute atomic E-state index is 4.79. The van der Waals surface area contributed by atoms with Gasteiger partial charge in [0.25, 0.3) is 0 Å². The zero-order chi connectivity index (χ0) is 17.2. The summed E-state index contributed by atoms with van der Waals surface area (Å²) in [6.07, 6.45) is 10.5. The Bertz CT molecular complexity index is 725. The molecule has 1 saturated heterocycles. The summed E-state index contributed by atoms with van der Waals surface area (Å²) in [4.78, 5) is 18.4. The molecule has 132 valence electrons. The fourth-order valence-corrected chi connectivity index (χ4v) is 3.96. The normalized spacial score (nSPS) is 19.1. The van der Waals surface area contributed by atoms with Gasteiger partial charge in [-0.15, -0.1) is 0 Å². The number of piperidine rings is 1. The highest BCUT2D eigenvalue weighted by Gasteiger charge is 2.28. The molecule has 3 heterocycles. The smallest absolute Gasteiger partial charge is 0.133 e. The van der Waals surface area contributed by atoms with E-state index in [2.05, 4.69) is 48.8 Å². The number of aromatic nitrogens is 3. The Morgan fingerprint density at radius 2 is 2.00 bits per heavy atom. The number of hydrogen-bond donors (Lipinski definition) is 0. The van der Waals surface area contributed by atoms with Crippen molar-refractivity contribution in [1.29, 1.82) is 0 Å². The summed E-state index contributed by atoms with van der Waals surface area (Å²) in [7, 11) is 2.18. The molecule has 0 atom stereocenters. The first-order valence-electron chi connectivity index (χ1n) is 9.06. The predicted octanol–water partition coefficient (Wildman–Crippen LogP) is 3.61. The number of likely N-dealkylation sites (tertiary alicyclic amines) is 1. The van der Waals surface area contributed by atoms with Crippen LogP contribution >= 0.6 is 15.9 Å². The molecule has 2 aromatic rings. The van der Waals surface area contributed by atoms with E-state index in [4.69, 9.17) is 4.98 Å². The molecule has 0 bridgehead atoms. The van der Waals surface area contributed by atoms with Crippen molar-refractivity contribution in [2.24, 2.45) is 0 Å². The van der Waals surface area contributed by atoms with E-state index in [0.29, 0.717) is 12.0 Å². The zero-order valence-electron chi connectivity index (χ0n) is 14.6. The summed E-state index contributed by atoms with van der Waals surface area (Å²) in [5, 5.41) is 0. The maximum atomic E-state index is 4.79. The standard InChI is InChI=1S/C19H24BrN5/c1-24(18-4-7-22-19(23-18)15-2-3-15)17-5-8-25(9-6-17)13-14-10-16(20)12-21-11-14/h4,7,10-12,15,17H,2-3,5-6,8-9,13H2,1H3. The second-order valence-electron chi connectivity index (χ2n) is 7.18. The van der Waals surface area contributed by atoms with E-state index in [-0.39, 0.29) is 0 Å². The molecular formula is C19H24BrN5. The molecule has 5 nitrogen and oxygen atoms in total. The van der Waals surface area contributed by atoms with Crippen LogP contribution in [0.25, 0.3) is 0 Å². The highest BCUT2D eigenvalue weighted by Crippen LogP contribution is 2.38. The van der Waals surface area contributed by atoms with Crippen molar-refractivity contribution in [2.45, 2.75) is 44.2 Å². The third-order valence-electron chi connectivity index (χ3n) is 5.24. The van der Waals surface area contributed by atoms with Crippen LogP contribution in [0.2, 0.25) is 0 Å². The van der Waals surface area contributed by atoms with E-state index in [1.165, 1.54) is 31.2 Å². The van der Waals surface area contributed by atoms with Gasteiger partial charge in [0.05, 0.1) is 0 Å². The molecule has 0 unspecified atom stereocenters. The monoisotopic (exact) mass is 401 g/mol. The van der Waals surface area contributed by atoms with Gasteiger partial charge in [0.2, 0.25) is 0 Å². The SMILES string of the molecule is CN(c1ccnc(C2CC2)n1)C1CCN(Cc2cncc(Br)c2)CC1. The number of rotatable bonds is 5. The third kappa shape index (κ3) is 4.18. The summed E-state index contributed by atoms with van der Waals surface area (Å²) < 4.78 is 1.05. The van der Waals surface area contributed by atoms with Crippen LogP contribution in [0.5, 0.6) is 0 Å². The molecule has 0 aromatic carbocycles. The van der Waals surface area contributed by atoms with Gasteiger partial charge >= 0.3 is 0 Å². The molecule has 1 aliphatic heterocycles. The van der Waals surface area contributed by atoms with E-state index in [9.17, 15) is 0 Å². The molecule has 2 aromatic heterocycles. The fourth-order valence-electron chi connectivity index (χ4n) is 3.55. The Morgan fingerprint density at radius 1 is 1.20 bits per heavy atom. The van der Waals surface area contributed by atoms with Gasteiger partial charge in [0.1, 0.15) is 11.6 Å². The van der Waals surface area contributed by atoms with E-state index in [1.54, 1.807) is 0 Å². The molecule has 1 saturated carbocycles. The van der Waals surface area contributed by atoms with Crippen molar-refractivity contribution < 1.29 is 0 Å². The number of hydrogen-bond acceptors (Lipinski definition) is 5. The highest BCUT2D eigenvalue weighted by atomic mass is 79.9. The lowest BCUT2D eigenvalue weighted by atomic mass is 10.0. The van der Waals surface area contributed by atoms with E-state index in [0.717, 1.165) is 35.7 Å². The van der Waals surface area contributed by atoms with Crippen molar-refractivity contribution in [3.8, 4) is 0 Å². The molecule has 25 heavy (non-hydrogen) atoms. The number of halogens is 1. The Balaban J connectivity index is 1.34. The van der Waals surface area contributed by atoms with Crippen molar-refractivity contribution in [1.82, 2.24) is 19.9 Å². The minimum absolute atomic E-state index is 0.554. The quantitative estimate of drug-likeness (QED) is 0.765. The first kappa shape index (κ1) is 16.9. The van der Waals surface area contributed by atoms with Gasteiger partial charge in [0, 0.05) is 61.7 Å². The minimum atomic E-state index is 0.554. The van der Waals surface area contributed by atoms with Gasteiger partial charge in [-0.05, 0) is 59.3 Å². The Hall–Kier alpha value is -1.53. The molecule has 0 amide bonds. The summed E-state index contributed by atoms with van der Waals surface area (Å²) in [5.41, 5.74) is 1.27. The van der Waals surface area contributed by atoms with Crippen molar-refractivity contribution >= 4 is 21.7 Å². The third-order valence-corrected chi connectivity index (χ3v) is 5.67. The zero-order valence-corrected chi connectivity index (χ0v) is 16.2. The first-order valence-corrected chi connectivity index (χ1v) is 9.86. The molecule has 6 heteroatoms. The average Bonchev–Trinajstić information content (AvgIpc) is 3.47. The second kappa shape index (κ2) is 7.38. The average molecular weight is 402 g/mol. The van der Waals surface area contributed by atoms with Gasteiger partial charge in [0.15, 0.2) is 0 Å². The maximum Gasteiger partial charge on any atom is 0.133 e. The number of nitrogens with zero attached hydrogens (tertiary/aromatic N) is 5. The first-order chi connectivity index (χ1) is 12.2. The minimum Gasteiger partial charge on any atom is -0.356 e. The van der Waals surface area contributed by atoms with E-state index >= 15 is 0 Å². The van der Waals surface area contributed by atoms with Crippen LogP contribution in [0, 0.1) is 0 Å². The molecule has 2 aliphatic rings. The molecule has 0 spiro atoms. The van der Waals surface area contributed by atoms with Crippen LogP contribution in [0.4, 0.5) is 5.82 Å². The lowest BCUT2D eigenvalue weighted by Gasteiger charge is -2.37. The summed E-state index contributed by atoms with van der Waals surface area (Å²) >= 11 is 3.50. The van der Waals surface area contributed by atoms with Gasteiger partial charge in [-0.25, -0.2) is 9.97 Å². The second-order valence-corrected chi connectivity index (χ2v) is 8.09. The molecular weight excluding hydrogens is 378 g/mol. The molecule has 2 fully saturated rings. The van der Waals surface area contributed by atoms with Crippen LogP contribution in [-0.2, 0) is 6.54 Å². The van der Waals surface area contributed by atoms with Crippen LogP contribution in [0.15, 0.2) is 35.2 Å². The van der Waals surface area contributed by atoms with Crippen LogP contribution < -0.4 is 4.90 Å². The van der Waals surface area contributed by atoms with Crippen LogP contribution in [-0.4, -0.2) is 46.0 Å². The molecule has 0 radical (unpaired) electrons. The molecule has 4 rings (SSSR count). The van der Waals surface area contributed by atoms with Crippen molar-refractivity contribution in [3.05, 3.63) is 46.6 Å². The van der Waals surface area contributed by atoms with Gasteiger partial charge in [-0.2, -0.15) is 0 Å². The van der Waals surface area contributed by atoms with E-state index in [1.807, 2.05) is 24.7 Å². The Kier molecular flexibility index (Phi) is 4.99. The lowest BCUT2D eigenvalue weighted by molar-refractivity contribution is 0.203. The topological polar surface area (TPSA) is 45.2 Å². The van der Waals surface area contributed by atoms with Crippen LogP contribution in [0.3, 0.4) is 0 Å². The largest absolute Gasteiger partial charge is 0.356 e. The molecule has 1 aliphatic carbocycles. The van der Waals surface area contributed by atoms with Crippen LogP contribution in [0.1, 0.15) is 43.0 Å². The number of anilines is 1. The summed E-state index contributed by atoms with van der Waals surface area (Å²) in [6.45, 7) is 3.20. The Labute approximate surface area is 157 Å². The van der Waals surface area contributed by atoms with Gasteiger partial charge in [-0.1, -0.05) is 0 Å². The van der Waals surface area contributed by atoms with E-state index < -0.39 is 0 Å². The summed E-state index contributed by atoms with van der Waals surface area (Å²) in [6, 6.07) is 4.76. The summed E-state index contributed by atoms with van der Waals surface area (Å²) in [5.74, 6) is 2.71.